The molecule has 0 bridgehead atoms. The van der Waals surface area contributed by atoms with Gasteiger partial charge in [-0.1, -0.05) is 12.1 Å². The molecule has 0 aliphatic carbocycles. The molecule has 110 valence electrons. The van der Waals surface area contributed by atoms with E-state index in [0.29, 0.717) is 0 Å². The molecule has 0 saturated carbocycles. The lowest BCUT2D eigenvalue weighted by Gasteiger charge is -2.08. The highest BCUT2D eigenvalue weighted by atomic mass is 15.2. The zero-order chi connectivity index (χ0) is 14.8. The molecular formula is C17H22N4. The maximum Gasteiger partial charge on any atom is 0.0522 e. The first kappa shape index (κ1) is 13.9. The van der Waals surface area contributed by atoms with E-state index in [1.54, 1.807) is 0 Å². The highest BCUT2D eigenvalue weighted by Crippen LogP contribution is 2.19. The predicted octanol–water partition coefficient (Wildman–Crippen LogP) is 2.51. The van der Waals surface area contributed by atoms with Crippen molar-refractivity contribution in [3.63, 3.8) is 0 Å². The quantitative estimate of drug-likeness (QED) is 0.781. The average molecular weight is 282 g/mol. The van der Waals surface area contributed by atoms with E-state index in [-0.39, 0.29) is 6.04 Å². The van der Waals surface area contributed by atoms with Gasteiger partial charge in [-0.05, 0) is 48.4 Å². The molecule has 2 N–H and O–H groups in total. The van der Waals surface area contributed by atoms with Crippen LogP contribution >= 0.6 is 0 Å². The number of fused-ring (bicyclic) bond motifs is 1. The Morgan fingerprint density at radius 2 is 2.10 bits per heavy atom. The van der Waals surface area contributed by atoms with Crippen molar-refractivity contribution in [2.75, 3.05) is 0 Å². The maximum absolute atomic E-state index is 5.90. The normalized spacial score (nSPS) is 12.9. The lowest BCUT2D eigenvalue weighted by Crippen LogP contribution is -2.17. The molecule has 0 saturated heterocycles. The van der Waals surface area contributed by atoms with Crippen LogP contribution in [0.4, 0.5) is 0 Å². The fraction of sp³-hybridized carbons (Fsp3) is 0.353. The van der Waals surface area contributed by atoms with E-state index in [0.717, 1.165) is 19.4 Å². The van der Waals surface area contributed by atoms with E-state index >= 15 is 0 Å². The van der Waals surface area contributed by atoms with Crippen molar-refractivity contribution < 1.29 is 0 Å². The van der Waals surface area contributed by atoms with Gasteiger partial charge in [0.15, 0.2) is 0 Å². The van der Waals surface area contributed by atoms with Crippen LogP contribution in [0.1, 0.15) is 18.1 Å². The summed E-state index contributed by atoms with van der Waals surface area (Å²) in [5, 5.41) is 5.51. The summed E-state index contributed by atoms with van der Waals surface area (Å²) in [6.07, 6.45) is 8.09. The summed E-state index contributed by atoms with van der Waals surface area (Å²) in [5.41, 5.74) is 9.77. The van der Waals surface area contributed by atoms with E-state index < -0.39 is 0 Å². The molecular weight excluding hydrogens is 260 g/mol. The van der Waals surface area contributed by atoms with Gasteiger partial charge in [-0.15, -0.1) is 0 Å². The fourth-order valence-corrected chi connectivity index (χ4v) is 2.77. The Balaban J connectivity index is 1.81. The lowest BCUT2D eigenvalue weighted by molar-refractivity contribution is 0.717. The summed E-state index contributed by atoms with van der Waals surface area (Å²) in [6.45, 7) is 3.02. The second-order valence-electron chi connectivity index (χ2n) is 5.86. The van der Waals surface area contributed by atoms with Crippen LogP contribution in [0.3, 0.4) is 0 Å². The minimum absolute atomic E-state index is 0.196. The predicted molar refractivity (Wildman–Crippen MR) is 86.2 cm³/mol. The zero-order valence-electron chi connectivity index (χ0n) is 12.7. The number of benzene rings is 1. The van der Waals surface area contributed by atoms with Crippen molar-refractivity contribution in [3.05, 3.63) is 54.0 Å². The van der Waals surface area contributed by atoms with E-state index in [4.69, 9.17) is 5.73 Å². The third kappa shape index (κ3) is 3.16. The Bertz CT molecular complexity index is 736. The first-order chi connectivity index (χ1) is 10.1. The SMILES string of the molecule is CC(N)Cc1ccc2ccn(CCc3cnn(C)c3)c2c1. The second-order valence-corrected chi connectivity index (χ2v) is 5.86. The Kier molecular flexibility index (Phi) is 3.80. The van der Waals surface area contributed by atoms with Gasteiger partial charge in [0.1, 0.15) is 0 Å². The van der Waals surface area contributed by atoms with Crippen molar-refractivity contribution in [2.45, 2.75) is 32.4 Å². The molecule has 0 aliphatic heterocycles. The lowest BCUT2D eigenvalue weighted by atomic mass is 10.1. The molecule has 4 nitrogen and oxygen atoms in total. The molecule has 0 amide bonds. The summed E-state index contributed by atoms with van der Waals surface area (Å²) in [5.74, 6) is 0. The van der Waals surface area contributed by atoms with Crippen LogP contribution in [0.2, 0.25) is 0 Å². The Hall–Kier alpha value is -2.07. The fourth-order valence-electron chi connectivity index (χ4n) is 2.77. The van der Waals surface area contributed by atoms with Gasteiger partial charge < -0.3 is 10.3 Å². The smallest absolute Gasteiger partial charge is 0.0522 e. The number of aromatic nitrogens is 3. The number of rotatable bonds is 5. The molecule has 4 heteroatoms. The van der Waals surface area contributed by atoms with Crippen LogP contribution < -0.4 is 5.73 Å². The zero-order valence-corrected chi connectivity index (χ0v) is 12.7. The molecule has 1 atom stereocenters. The molecule has 1 unspecified atom stereocenters. The first-order valence-electron chi connectivity index (χ1n) is 7.43. The largest absolute Gasteiger partial charge is 0.347 e. The average Bonchev–Trinajstić information content (AvgIpc) is 3.02. The monoisotopic (exact) mass is 282 g/mol. The summed E-state index contributed by atoms with van der Waals surface area (Å²) < 4.78 is 4.16. The minimum Gasteiger partial charge on any atom is -0.347 e. The van der Waals surface area contributed by atoms with Crippen molar-refractivity contribution in [2.24, 2.45) is 12.8 Å². The molecule has 2 heterocycles. The first-order valence-corrected chi connectivity index (χ1v) is 7.43. The third-order valence-corrected chi connectivity index (χ3v) is 3.80. The van der Waals surface area contributed by atoms with Gasteiger partial charge in [0.05, 0.1) is 6.20 Å². The van der Waals surface area contributed by atoms with Gasteiger partial charge in [-0.25, -0.2) is 0 Å². The van der Waals surface area contributed by atoms with Crippen LogP contribution in [0.15, 0.2) is 42.9 Å². The van der Waals surface area contributed by atoms with Crippen LogP contribution in [-0.4, -0.2) is 20.4 Å². The van der Waals surface area contributed by atoms with Crippen molar-refractivity contribution in [1.29, 1.82) is 0 Å². The molecule has 3 aromatic rings. The topological polar surface area (TPSA) is 48.8 Å². The third-order valence-electron chi connectivity index (χ3n) is 3.80. The number of hydrogen-bond donors (Lipinski definition) is 1. The van der Waals surface area contributed by atoms with Gasteiger partial charge in [0.2, 0.25) is 0 Å². The standard InChI is InChI=1S/C17H22N4/c1-13(18)9-14-3-4-16-6-8-21(17(16)10-14)7-5-15-11-19-20(2)12-15/h3-4,6,8,10-13H,5,7,9,18H2,1-2H3. The minimum atomic E-state index is 0.196. The molecule has 21 heavy (non-hydrogen) atoms. The summed E-state index contributed by atoms with van der Waals surface area (Å²) in [7, 11) is 1.95. The highest BCUT2D eigenvalue weighted by molar-refractivity contribution is 5.80. The van der Waals surface area contributed by atoms with Crippen LogP contribution in [0.25, 0.3) is 10.9 Å². The van der Waals surface area contributed by atoms with Gasteiger partial charge in [0.25, 0.3) is 0 Å². The van der Waals surface area contributed by atoms with E-state index in [2.05, 4.69) is 46.3 Å². The Labute approximate surface area is 125 Å². The van der Waals surface area contributed by atoms with Crippen LogP contribution in [-0.2, 0) is 26.4 Å². The number of aryl methyl sites for hydroxylation is 3. The number of nitrogens with two attached hydrogens (primary N) is 1. The molecule has 0 fully saturated rings. The van der Waals surface area contributed by atoms with E-state index in [9.17, 15) is 0 Å². The van der Waals surface area contributed by atoms with E-state index in [1.165, 1.54) is 22.0 Å². The van der Waals surface area contributed by atoms with Gasteiger partial charge in [0, 0.05) is 37.5 Å². The molecule has 0 aliphatic rings. The summed E-state index contributed by atoms with van der Waals surface area (Å²) in [4.78, 5) is 0. The van der Waals surface area contributed by atoms with Crippen LogP contribution in [0.5, 0.6) is 0 Å². The van der Waals surface area contributed by atoms with Crippen LogP contribution in [0, 0.1) is 0 Å². The second kappa shape index (κ2) is 5.74. The Morgan fingerprint density at radius 1 is 1.24 bits per heavy atom. The van der Waals surface area contributed by atoms with Gasteiger partial charge in [-0.3, -0.25) is 4.68 Å². The van der Waals surface area contributed by atoms with Gasteiger partial charge in [-0.2, -0.15) is 5.10 Å². The maximum atomic E-state index is 5.90. The summed E-state index contributed by atoms with van der Waals surface area (Å²) in [6, 6.07) is 9.00. The molecule has 0 radical (unpaired) electrons. The van der Waals surface area contributed by atoms with Crippen molar-refractivity contribution >= 4 is 10.9 Å². The molecule has 3 rings (SSSR count). The highest BCUT2D eigenvalue weighted by Gasteiger charge is 2.05. The molecule has 1 aromatic carbocycles. The molecule has 2 aromatic heterocycles. The van der Waals surface area contributed by atoms with Crippen molar-refractivity contribution in [1.82, 2.24) is 14.3 Å². The molecule has 0 spiro atoms. The van der Waals surface area contributed by atoms with E-state index in [1.807, 2.05) is 24.9 Å². The van der Waals surface area contributed by atoms with Crippen molar-refractivity contribution in [3.8, 4) is 0 Å². The number of nitrogens with zero attached hydrogens (tertiary/aromatic N) is 3. The summed E-state index contributed by atoms with van der Waals surface area (Å²) >= 11 is 0. The Morgan fingerprint density at radius 3 is 2.81 bits per heavy atom. The van der Waals surface area contributed by atoms with Gasteiger partial charge >= 0.3 is 0 Å². The number of hydrogen-bond acceptors (Lipinski definition) is 2.